The van der Waals surface area contributed by atoms with Crippen molar-refractivity contribution in [2.45, 2.75) is 0 Å². The number of allylic oxidation sites excluding steroid dienone is 7. The fourth-order valence-corrected chi connectivity index (χ4v) is 7.25. The lowest BCUT2D eigenvalue weighted by Gasteiger charge is -2.26. The Kier molecular flexibility index (Phi) is 9.84. The van der Waals surface area contributed by atoms with Crippen LogP contribution in [0, 0.1) is 0 Å². The van der Waals surface area contributed by atoms with Gasteiger partial charge in [-0.1, -0.05) is 190 Å². The Morgan fingerprint density at radius 2 is 1.02 bits per heavy atom. The van der Waals surface area contributed by atoms with Crippen LogP contribution >= 0.6 is 0 Å². The average Bonchev–Trinajstić information content (AvgIpc) is 3.39. The molecule has 0 heterocycles. The maximum atomic E-state index is 8.83. The molecule has 0 aliphatic rings. The molecular formula is C60H48N2. The van der Waals surface area contributed by atoms with Gasteiger partial charge in [0.2, 0.25) is 0 Å². The van der Waals surface area contributed by atoms with Crippen LogP contribution in [0.15, 0.2) is 275 Å². The zero-order valence-electron chi connectivity index (χ0n) is 42.2. The van der Waals surface area contributed by atoms with Gasteiger partial charge in [0.05, 0.1) is 11.0 Å². The van der Waals surface area contributed by atoms with E-state index in [2.05, 4.69) is 50.6 Å². The summed E-state index contributed by atoms with van der Waals surface area (Å²) < 4.78 is 68.1. The summed E-state index contributed by atoms with van der Waals surface area (Å²) in [5.41, 5.74) is 12.3. The van der Waals surface area contributed by atoms with Gasteiger partial charge in [0.25, 0.3) is 0 Å². The lowest BCUT2D eigenvalue weighted by molar-refractivity contribution is 1.22. The normalized spacial score (nSPS) is 13.0. The molecule has 0 N–H and O–H groups in total. The van der Waals surface area contributed by atoms with E-state index in [-0.39, 0.29) is 35.9 Å². The Balaban J connectivity index is 1.06. The molecule has 0 amide bonds. The van der Waals surface area contributed by atoms with Gasteiger partial charge in [0.15, 0.2) is 0 Å². The van der Waals surface area contributed by atoms with E-state index < -0.39 is 18.1 Å². The van der Waals surface area contributed by atoms with Crippen LogP contribution in [0.25, 0.3) is 44.5 Å². The van der Waals surface area contributed by atoms with Crippen molar-refractivity contribution in [2.24, 2.45) is 0 Å². The predicted octanol–water partition coefficient (Wildman–Crippen LogP) is 16.8. The number of hydrogen-bond donors (Lipinski definition) is 0. The molecule has 0 aliphatic heterocycles. The summed E-state index contributed by atoms with van der Waals surface area (Å²) in [7, 11) is 0. The number of benzene rings is 8. The van der Waals surface area contributed by atoms with Crippen LogP contribution in [0.5, 0.6) is 0 Å². The van der Waals surface area contributed by atoms with Crippen LogP contribution in [0.3, 0.4) is 0 Å². The van der Waals surface area contributed by atoms with Gasteiger partial charge in [-0.05, 0) is 134 Å². The van der Waals surface area contributed by atoms with Gasteiger partial charge >= 0.3 is 0 Å². The first-order valence-electron chi connectivity index (χ1n) is 24.1. The smallest absolute Gasteiger partial charge is 0.0645 e. The molecule has 0 aromatic heterocycles. The van der Waals surface area contributed by atoms with Crippen LogP contribution in [0.4, 0.5) is 28.4 Å². The summed E-state index contributed by atoms with van der Waals surface area (Å²) in [6, 6.07) is 50.7. The van der Waals surface area contributed by atoms with Crippen molar-refractivity contribution in [3.05, 3.63) is 286 Å². The number of nitrogens with zero attached hydrogens (tertiary/aromatic N) is 2. The maximum absolute atomic E-state index is 8.83. The molecule has 0 unspecified atom stereocenters. The molecule has 0 fully saturated rings. The molecule has 0 saturated carbocycles. The van der Waals surface area contributed by atoms with Crippen LogP contribution in [0.2, 0.25) is 0 Å². The molecule has 298 valence electrons. The topological polar surface area (TPSA) is 6.48 Å². The van der Waals surface area contributed by atoms with Crippen molar-refractivity contribution in [1.82, 2.24) is 0 Å². The Morgan fingerprint density at radius 3 is 1.69 bits per heavy atom. The van der Waals surface area contributed by atoms with Crippen LogP contribution in [-0.4, -0.2) is 0 Å². The highest BCUT2D eigenvalue weighted by Gasteiger charge is 2.15. The maximum Gasteiger partial charge on any atom is 0.0645 e. The lowest BCUT2D eigenvalue weighted by atomic mass is 9.96. The number of rotatable bonds is 15. The minimum atomic E-state index is -0.474. The van der Waals surface area contributed by atoms with E-state index in [4.69, 9.17) is 11.0 Å². The molecule has 2 heteroatoms. The quantitative estimate of drug-likeness (QED) is 0.0953. The molecule has 0 bridgehead atoms. The Bertz CT molecular complexity index is 3330. The summed E-state index contributed by atoms with van der Waals surface area (Å²) in [5, 5.41) is 0. The van der Waals surface area contributed by atoms with Crippen molar-refractivity contribution < 1.29 is 11.0 Å². The van der Waals surface area contributed by atoms with Gasteiger partial charge in [0, 0.05) is 34.1 Å². The molecular weight excluding hydrogens is 749 g/mol. The summed E-state index contributed by atoms with van der Waals surface area (Å²) in [6.45, 7) is 16.4. The summed E-state index contributed by atoms with van der Waals surface area (Å²) >= 11 is 0. The Labute approximate surface area is 378 Å². The second-order valence-electron chi connectivity index (χ2n) is 14.3. The summed E-state index contributed by atoms with van der Waals surface area (Å²) in [4.78, 5) is 3.51. The van der Waals surface area contributed by atoms with Crippen LogP contribution in [-0.2, 0) is 0 Å². The molecule has 0 spiro atoms. The van der Waals surface area contributed by atoms with Gasteiger partial charge in [-0.3, -0.25) is 0 Å². The minimum absolute atomic E-state index is 0.0119. The van der Waals surface area contributed by atoms with E-state index >= 15 is 0 Å². The first-order valence-corrected chi connectivity index (χ1v) is 20.1. The third kappa shape index (κ3) is 9.31. The highest BCUT2D eigenvalue weighted by Crippen LogP contribution is 2.37. The SMILES string of the molecule is [2H]c1cc([2H])c(N(c2ccc(/C(C=C)=C/C=C)cc2)c2ccc(-c3cccc(-c4cccc(C(=C)/C=C\C(=C)N(c5ccc(-c6ccccc6)cc5)c5c([2H])c([2H])c([2H])c([2H])c5[2H])c4)c3)cc2)cc1[2H]. The van der Waals surface area contributed by atoms with E-state index in [0.29, 0.717) is 22.6 Å². The average molecular weight is 805 g/mol. The van der Waals surface area contributed by atoms with Crippen molar-refractivity contribution in [3.63, 3.8) is 0 Å². The lowest BCUT2D eigenvalue weighted by Crippen LogP contribution is -2.14. The van der Waals surface area contributed by atoms with Crippen molar-refractivity contribution in [3.8, 4) is 33.4 Å². The van der Waals surface area contributed by atoms with Gasteiger partial charge in [-0.15, -0.1) is 0 Å². The summed E-state index contributed by atoms with van der Waals surface area (Å²) in [5.74, 6) is 0. The third-order valence-electron chi connectivity index (χ3n) is 10.4. The van der Waals surface area contributed by atoms with E-state index in [1.165, 1.54) is 6.07 Å². The standard InChI is InChI=1S/C60H48N2/c1-5-18-47(6-2)49-31-39-59(40-32-49)62(57-27-14-9-15-28-57)60-41-35-51(36-42-60)53-22-17-24-55(44-53)54-23-16-21-52(43-54)45(3)29-30-46(4)61(56-25-12-8-13-26-56)58-37-33-50(34-38-58)48-19-10-7-11-20-48/h5-44H,1-4H2/b30-29-,47-18+/i8D,9D,12D,13D,14D,25D,26D,28D. The van der Waals surface area contributed by atoms with Crippen molar-refractivity contribution in [2.75, 3.05) is 9.80 Å². The molecule has 8 aromatic carbocycles. The molecule has 0 saturated heterocycles. The second kappa shape index (κ2) is 19.2. The number of anilines is 5. The zero-order valence-corrected chi connectivity index (χ0v) is 34.2. The van der Waals surface area contributed by atoms with Gasteiger partial charge in [-0.25, -0.2) is 0 Å². The number of para-hydroxylation sites is 2. The summed E-state index contributed by atoms with van der Waals surface area (Å²) in [6.07, 6.45) is 8.93. The monoisotopic (exact) mass is 804 g/mol. The molecule has 0 atom stereocenters. The molecule has 0 aliphatic carbocycles. The first-order chi connectivity index (χ1) is 33.8. The van der Waals surface area contributed by atoms with Crippen molar-refractivity contribution in [1.29, 1.82) is 0 Å². The zero-order chi connectivity index (χ0) is 49.6. The van der Waals surface area contributed by atoms with Crippen LogP contribution < -0.4 is 9.80 Å². The second-order valence-corrected chi connectivity index (χ2v) is 14.3. The van der Waals surface area contributed by atoms with Gasteiger partial charge < -0.3 is 9.80 Å². The highest BCUT2D eigenvalue weighted by atomic mass is 15.1. The van der Waals surface area contributed by atoms with Crippen LogP contribution in [0.1, 0.15) is 22.1 Å². The fourth-order valence-electron chi connectivity index (χ4n) is 7.25. The predicted molar refractivity (Wildman–Crippen MR) is 268 cm³/mol. The van der Waals surface area contributed by atoms with Gasteiger partial charge in [-0.2, -0.15) is 0 Å². The van der Waals surface area contributed by atoms with E-state index in [0.717, 1.165) is 61.5 Å². The molecule has 8 rings (SSSR count). The largest absolute Gasteiger partial charge is 0.311 e. The number of hydrogen-bond acceptors (Lipinski definition) is 2. The molecule has 2 nitrogen and oxygen atoms in total. The Morgan fingerprint density at radius 1 is 0.435 bits per heavy atom. The highest BCUT2D eigenvalue weighted by molar-refractivity contribution is 5.83. The van der Waals surface area contributed by atoms with Gasteiger partial charge in [0.1, 0.15) is 0 Å². The molecule has 62 heavy (non-hydrogen) atoms. The van der Waals surface area contributed by atoms with E-state index in [1.54, 1.807) is 29.2 Å². The van der Waals surface area contributed by atoms with E-state index in [1.807, 2.05) is 144 Å². The van der Waals surface area contributed by atoms with E-state index in [9.17, 15) is 0 Å². The molecule has 8 aromatic rings. The first kappa shape index (κ1) is 31.7. The minimum Gasteiger partial charge on any atom is -0.311 e. The Hall–Kier alpha value is -8.20. The molecule has 0 radical (unpaired) electrons. The van der Waals surface area contributed by atoms with Crippen molar-refractivity contribution >= 4 is 39.6 Å². The fraction of sp³-hybridized carbons (Fsp3) is 0. The third-order valence-corrected chi connectivity index (χ3v) is 10.4.